The number of hydrogen-bond donors (Lipinski definition) is 3. The lowest BCUT2D eigenvalue weighted by molar-refractivity contribution is -0.142. The van der Waals surface area contributed by atoms with Gasteiger partial charge in [0.05, 0.1) is 17.4 Å². The van der Waals surface area contributed by atoms with Crippen molar-refractivity contribution < 1.29 is 39.2 Å². The normalized spacial score (nSPS) is 20.0. The first-order valence-electron chi connectivity index (χ1n) is 21.3. The number of amides is 1. The Balaban J connectivity index is 0.000000157. The van der Waals surface area contributed by atoms with Crippen LogP contribution in [0.4, 0.5) is 4.79 Å². The second kappa shape index (κ2) is 21.5. The van der Waals surface area contributed by atoms with Crippen molar-refractivity contribution in [2.45, 2.75) is 51.3 Å². The molecule has 0 aliphatic carbocycles. The maximum atomic E-state index is 12.1. The number of ether oxygens (including phenoxy) is 1. The minimum absolute atomic E-state index is 0.0763. The molecule has 2 fully saturated rings. The van der Waals surface area contributed by atoms with Gasteiger partial charge in [0.15, 0.2) is 0 Å². The van der Waals surface area contributed by atoms with Gasteiger partial charge < -0.3 is 25.0 Å². The lowest BCUT2D eigenvalue weighted by Gasteiger charge is -2.24. The number of carbonyl (C=O) groups excluding carboxylic acids is 1. The zero-order chi connectivity index (χ0) is 44.9. The van der Waals surface area contributed by atoms with Crippen molar-refractivity contribution >= 4 is 29.6 Å². The summed E-state index contributed by atoms with van der Waals surface area (Å²) in [5, 5.41) is 28.3. The van der Waals surface area contributed by atoms with Gasteiger partial charge in [0.1, 0.15) is 5.60 Å². The van der Waals surface area contributed by atoms with Gasteiger partial charge in [-0.2, -0.15) is 0 Å². The third kappa shape index (κ3) is 13.0. The van der Waals surface area contributed by atoms with Crippen molar-refractivity contribution in [3.63, 3.8) is 0 Å². The zero-order valence-corrected chi connectivity index (χ0v) is 36.1. The van der Waals surface area contributed by atoms with Gasteiger partial charge in [-0.3, -0.25) is 19.4 Å². The molecule has 5 aromatic carbocycles. The van der Waals surface area contributed by atoms with Crippen LogP contribution < -0.4 is 0 Å². The average Bonchev–Trinajstić information content (AvgIpc) is 4.04. The van der Waals surface area contributed by atoms with Crippen LogP contribution in [0.1, 0.15) is 60.4 Å². The summed E-state index contributed by atoms with van der Waals surface area (Å²) >= 11 is 0. The van der Waals surface area contributed by atoms with E-state index < -0.39 is 35.5 Å². The molecule has 0 radical (unpaired) electrons. The second-order valence-electron chi connectivity index (χ2n) is 17.2. The minimum Gasteiger partial charge on any atom is -0.481 e. The monoisotopic (exact) mass is 851 g/mol. The molecule has 11 nitrogen and oxygen atoms in total. The molecule has 0 spiro atoms. The van der Waals surface area contributed by atoms with Gasteiger partial charge in [0, 0.05) is 64.2 Å². The number of hydrogen-bond acceptors (Lipinski definition) is 7. The molecule has 3 N–H and O–H groups in total. The zero-order valence-electron chi connectivity index (χ0n) is 36.1. The molecule has 2 unspecified atom stereocenters. The highest BCUT2D eigenvalue weighted by atomic mass is 16.6. The Labute approximate surface area is 369 Å². The molecule has 3 aliphatic rings. The van der Waals surface area contributed by atoms with E-state index in [1.807, 2.05) is 127 Å². The van der Waals surface area contributed by atoms with E-state index in [-0.39, 0.29) is 24.3 Å². The van der Waals surface area contributed by atoms with E-state index in [0.29, 0.717) is 31.8 Å². The smallest absolute Gasteiger partial charge is 0.410 e. The van der Waals surface area contributed by atoms with Crippen molar-refractivity contribution in [3.05, 3.63) is 185 Å². The highest BCUT2D eigenvalue weighted by Crippen LogP contribution is 2.35. The van der Waals surface area contributed by atoms with Crippen LogP contribution in [-0.4, -0.2) is 98.9 Å². The van der Waals surface area contributed by atoms with Crippen LogP contribution in [0.3, 0.4) is 0 Å². The van der Waals surface area contributed by atoms with Crippen LogP contribution in [-0.2, 0) is 32.2 Å². The molecule has 1 amide bonds. The number of rotatable bonds is 10. The van der Waals surface area contributed by atoms with Crippen molar-refractivity contribution in [2.24, 2.45) is 11.8 Å². The number of nitrogens with zero attached hydrogens (tertiary/aromatic N) is 3. The summed E-state index contributed by atoms with van der Waals surface area (Å²) in [6, 6.07) is 49.6. The SMILES string of the molecule is CC(C)(C)OC(=O)N1CC(C(=O)O)[C@H](c2ccccc2)C1.O=C(O)C1=C(c2ccccc2)CN(Cc2ccccc2)C1.O=C(O)C1CN(Cc2ccccc2)C[C@H]1c1ccccc1. The van der Waals surface area contributed by atoms with E-state index in [1.165, 1.54) is 16.0 Å². The van der Waals surface area contributed by atoms with E-state index in [2.05, 4.69) is 34.1 Å². The standard InChI is InChI=1S/C18H19NO2.C18H17NO2.C16H21NO4/c2*20-18(21)17-13-19(11-14-7-3-1-4-8-14)12-16(17)15-9-5-2-6-10-15;1-16(2,3)21-15(20)17-9-12(13(10-17)14(18)19)11-7-5-4-6-8-11/h1-10,16-17H,11-13H2,(H,20,21);1-10H,11-13H2,(H,20,21);4-8,12-13H,9-10H2,1-3H3,(H,18,19)/t16-,17?;;12-,13?/m0.0/s1. The first-order chi connectivity index (χ1) is 30.3. The number of carboxylic acid groups (broad SMARTS) is 3. The van der Waals surface area contributed by atoms with Gasteiger partial charge in [-0.05, 0) is 54.2 Å². The van der Waals surface area contributed by atoms with Gasteiger partial charge in [0.2, 0.25) is 0 Å². The second-order valence-corrected chi connectivity index (χ2v) is 17.2. The van der Waals surface area contributed by atoms with E-state index in [9.17, 15) is 34.5 Å². The van der Waals surface area contributed by atoms with Crippen LogP contribution >= 0.6 is 0 Å². The van der Waals surface area contributed by atoms with Crippen LogP contribution in [0.5, 0.6) is 0 Å². The Bertz CT molecular complexity index is 2260. The van der Waals surface area contributed by atoms with E-state index in [1.54, 1.807) is 20.8 Å². The Morgan fingerprint density at radius 3 is 1.43 bits per heavy atom. The Hall–Kier alpha value is -6.56. The van der Waals surface area contributed by atoms with Gasteiger partial charge in [-0.15, -0.1) is 0 Å². The van der Waals surface area contributed by atoms with E-state index in [0.717, 1.165) is 41.9 Å². The number of carbonyl (C=O) groups is 4. The van der Waals surface area contributed by atoms with Crippen molar-refractivity contribution in [1.29, 1.82) is 0 Å². The average molecular weight is 852 g/mol. The Kier molecular flexibility index (Phi) is 15.7. The van der Waals surface area contributed by atoms with Crippen LogP contribution in [0.15, 0.2) is 157 Å². The Morgan fingerprint density at radius 2 is 0.968 bits per heavy atom. The van der Waals surface area contributed by atoms with Gasteiger partial charge in [0.25, 0.3) is 0 Å². The van der Waals surface area contributed by atoms with Crippen LogP contribution in [0.2, 0.25) is 0 Å². The quantitative estimate of drug-likeness (QED) is 0.125. The first kappa shape index (κ1) is 46.0. The molecule has 0 saturated carbocycles. The summed E-state index contributed by atoms with van der Waals surface area (Å²) < 4.78 is 5.33. The fourth-order valence-corrected chi connectivity index (χ4v) is 8.46. The molecular weight excluding hydrogens is 795 g/mol. The van der Waals surface area contributed by atoms with Crippen LogP contribution in [0.25, 0.3) is 5.57 Å². The maximum absolute atomic E-state index is 12.1. The predicted octanol–water partition coefficient (Wildman–Crippen LogP) is 8.75. The molecule has 63 heavy (non-hydrogen) atoms. The lowest BCUT2D eigenvalue weighted by atomic mass is 9.89. The highest BCUT2D eigenvalue weighted by Gasteiger charge is 2.42. The summed E-state index contributed by atoms with van der Waals surface area (Å²) in [7, 11) is 0. The number of aliphatic carboxylic acids is 3. The van der Waals surface area contributed by atoms with Gasteiger partial charge >= 0.3 is 24.0 Å². The number of benzene rings is 5. The largest absolute Gasteiger partial charge is 0.481 e. The summed E-state index contributed by atoms with van der Waals surface area (Å²) in [6.07, 6.45) is -0.452. The first-order valence-corrected chi connectivity index (χ1v) is 21.3. The summed E-state index contributed by atoms with van der Waals surface area (Å²) in [6.45, 7) is 10.1. The summed E-state index contributed by atoms with van der Waals surface area (Å²) in [5.74, 6) is -3.43. The van der Waals surface area contributed by atoms with Crippen molar-refractivity contribution in [1.82, 2.24) is 14.7 Å². The van der Waals surface area contributed by atoms with Crippen molar-refractivity contribution in [2.75, 3.05) is 39.3 Å². The van der Waals surface area contributed by atoms with Crippen LogP contribution in [0, 0.1) is 11.8 Å². The molecule has 2 saturated heterocycles. The molecule has 3 aliphatic heterocycles. The molecule has 4 atom stereocenters. The number of likely N-dealkylation sites (tertiary alicyclic amines) is 2. The lowest BCUT2D eigenvalue weighted by Crippen LogP contribution is -2.35. The Morgan fingerprint density at radius 1 is 0.540 bits per heavy atom. The maximum Gasteiger partial charge on any atom is 0.410 e. The van der Waals surface area contributed by atoms with Crippen molar-refractivity contribution in [3.8, 4) is 0 Å². The summed E-state index contributed by atoms with van der Waals surface area (Å²) in [4.78, 5) is 52.5. The topological polar surface area (TPSA) is 148 Å². The highest BCUT2D eigenvalue weighted by molar-refractivity contribution is 5.98. The molecule has 328 valence electrons. The van der Waals surface area contributed by atoms with Gasteiger partial charge in [-0.1, -0.05) is 152 Å². The minimum atomic E-state index is -0.880. The molecule has 8 rings (SSSR count). The molecule has 5 aromatic rings. The van der Waals surface area contributed by atoms with E-state index in [4.69, 9.17) is 4.74 Å². The molecule has 0 bridgehead atoms. The third-order valence-electron chi connectivity index (χ3n) is 11.5. The summed E-state index contributed by atoms with van der Waals surface area (Å²) in [5.41, 5.74) is 6.37. The molecule has 0 aromatic heterocycles. The molecule has 3 heterocycles. The predicted molar refractivity (Wildman–Crippen MR) is 243 cm³/mol. The fourth-order valence-electron chi connectivity index (χ4n) is 8.46. The number of carboxylic acids is 3. The van der Waals surface area contributed by atoms with Gasteiger partial charge in [-0.25, -0.2) is 9.59 Å². The van der Waals surface area contributed by atoms with E-state index >= 15 is 0 Å². The third-order valence-corrected chi connectivity index (χ3v) is 11.5. The molecule has 11 heteroatoms. The molecular formula is C52H57N3O8. The fraction of sp³-hybridized carbons (Fsp3) is 0.308.